The van der Waals surface area contributed by atoms with Gasteiger partial charge in [0.25, 0.3) is 5.91 Å². The first-order chi connectivity index (χ1) is 17.5. The minimum absolute atomic E-state index is 0.0618. The van der Waals surface area contributed by atoms with E-state index < -0.39 is 5.97 Å². The molecule has 6 nitrogen and oxygen atoms in total. The van der Waals surface area contributed by atoms with Gasteiger partial charge < -0.3 is 15.0 Å². The number of carbonyl (C=O) groups is 3. The van der Waals surface area contributed by atoms with E-state index in [9.17, 15) is 14.4 Å². The zero-order chi connectivity index (χ0) is 25.1. The van der Waals surface area contributed by atoms with E-state index in [2.05, 4.69) is 17.4 Å². The standard InChI is InChI=1S/C28H28N2O4S2/c1-34-28(33)24-21-9-5-6-10-22(21)36-26(24)29-25(32)19-11-13-20(14-12-19)27-30(23(31)17-35-27)16-15-18-7-3-2-4-8-18/h2-4,7-8,11-14,27H,5-6,9-10,15-17H2,1H3,(H,29,32)/t27-/m0/s1. The molecule has 5 rings (SSSR count). The second kappa shape index (κ2) is 10.9. The van der Waals surface area contributed by atoms with Crippen molar-refractivity contribution < 1.29 is 19.1 Å². The van der Waals surface area contributed by atoms with Gasteiger partial charge in [0.15, 0.2) is 0 Å². The molecule has 0 radical (unpaired) electrons. The molecule has 3 aromatic rings. The smallest absolute Gasteiger partial charge is 0.341 e. The maximum Gasteiger partial charge on any atom is 0.341 e. The number of benzene rings is 2. The minimum atomic E-state index is -0.404. The molecule has 2 heterocycles. The third kappa shape index (κ3) is 5.06. The van der Waals surface area contributed by atoms with Crippen molar-refractivity contribution in [3.63, 3.8) is 0 Å². The number of hydrogen-bond acceptors (Lipinski definition) is 6. The summed E-state index contributed by atoms with van der Waals surface area (Å²) >= 11 is 3.09. The lowest BCUT2D eigenvalue weighted by Gasteiger charge is -2.24. The normalized spacial score (nSPS) is 17.1. The van der Waals surface area contributed by atoms with Gasteiger partial charge in [-0.15, -0.1) is 23.1 Å². The van der Waals surface area contributed by atoms with Crippen LogP contribution in [0.2, 0.25) is 0 Å². The maximum atomic E-state index is 13.1. The SMILES string of the molecule is COC(=O)c1c(NC(=O)c2ccc([C@@H]3SCC(=O)N3CCc3ccccc3)cc2)sc2c1CCCC2. The van der Waals surface area contributed by atoms with Crippen LogP contribution in [0.4, 0.5) is 5.00 Å². The number of thioether (sulfide) groups is 1. The topological polar surface area (TPSA) is 75.7 Å². The molecule has 1 aliphatic heterocycles. The molecule has 0 saturated carbocycles. The number of hydrogen-bond donors (Lipinski definition) is 1. The Kier molecular flexibility index (Phi) is 7.43. The summed E-state index contributed by atoms with van der Waals surface area (Å²) in [6.07, 6.45) is 4.68. The molecule has 1 aliphatic carbocycles. The van der Waals surface area contributed by atoms with Gasteiger partial charge in [-0.2, -0.15) is 0 Å². The number of rotatable bonds is 7. The molecule has 2 amide bonds. The first kappa shape index (κ1) is 24.6. The Morgan fingerprint density at radius 1 is 1.06 bits per heavy atom. The largest absolute Gasteiger partial charge is 0.465 e. The van der Waals surface area contributed by atoms with Crippen molar-refractivity contribution >= 4 is 45.9 Å². The second-order valence-electron chi connectivity index (χ2n) is 8.97. The molecule has 0 unspecified atom stereocenters. The first-order valence-corrected chi connectivity index (χ1v) is 14.0. The monoisotopic (exact) mass is 520 g/mol. The third-order valence-corrected chi connectivity index (χ3v) is 9.16. The Morgan fingerprint density at radius 3 is 2.56 bits per heavy atom. The zero-order valence-corrected chi connectivity index (χ0v) is 21.8. The van der Waals surface area contributed by atoms with Crippen molar-refractivity contribution in [2.24, 2.45) is 0 Å². The quantitative estimate of drug-likeness (QED) is 0.418. The fourth-order valence-corrected chi connectivity index (χ4v) is 7.30. The van der Waals surface area contributed by atoms with Gasteiger partial charge in [0.1, 0.15) is 10.4 Å². The number of methoxy groups -OCH3 is 1. The molecule has 8 heteroatoms. The Balaban J connectivity index is 1.29. The predicted octanol–water partition coefficient (Wildman–Crippen LogP) is 5.48. The number of fused-ring (bicyclic) bond motifs is 1. The summed E-state index contributed by atoms with van der Waals surface area (Å²) in [6, 6.07) is 17.6. The van der Waals surface area contributed by atoms with Crippen LogP contribution >= 0.6 is 23.1 Å². The molecule has 2 aromatic carbocycles. The maximum absolute atomic E-state index is 13.1. The van der Waals surface area contributed by atoms with Gasteiger partial charge in [-0.05, 0) is 60.9 Å². The van der Waals surface area contributed by atoms with Gasteiger partial charge in [-0.3, -0.25) is 9.59 Å². The summed E-state index contributed by atoms with van der Waals surface area (Å²) in [6.45, 7) is 0.655. The molecule has 1 N–H and O–H groups in total. The lowest BCUT2D eigenvalue weighted by molar-refractivity contribution is -0.128. The van der Waals surface area contributed by atoms with Crippen LogP contribution in [0.3, 0.4) is 0 Å². The molecule has 36 heavy (non-hydrogen) atoms. The van der Waals surface area contributed by atoms with E-state index in [1.807, 2.05) is 35.2 Å². The summed E-state index contributed by atoms with van der Waals surface area (Å²) < 4.78 is 5.01. The fraction of sp³-hybridized carbons (Fsp3) is 0.321. The number of carbonyl (C=O) groups excluding carboxylic acids is 3. The van der Waals surface area contributed by atoms with Crippen molar-refractivity contribution in [1.29, 1.82) is 0 Å². The highest BCUT2D eigenvalue weighted by atomic mass is 32.2. The van der Waals surface area contributed by atoms with Gasteiger partial charge in [0, 0.05) is 17.0 Å². The van der Waals surface area contributed by atoms with Gasteiger partial charge in [0.05, 0.1) is 18.4 Å². The number of anilines is 1. The first-order valence-electron chi connectivity index (χ1n) is 12.1. The minimum Gasteiger partial charge on any atom is -0.465 e. The molecule has 0 spiro atoms. The van der Waals surface area contributed by atoms with Gasteiger partial charge in [-0.25, -0.2) is 4.79 Å². The van der Waals surface area contributed by atoms with Crippen LogP contribution in [0.5, 0.6) is 0 Å². The van der Waals surface area contributed by atoms with Crippen molar-refractivity contribution in [2.45, 2.75) is 37.5 Å². The summed E-state index contributed by atoms with van der Waals surface area (Å²) in [5.74, 6) is -0.0687. The zero-order valence-electron chi connectivity index (χ0n) is 20.1. The van der Waals surface area contributed by atoms with E-state index in [1.54, 1.807) is 23.9 Å². The van der Waals surface area contributed by atoms with Crippen LogP contribution in [0.15, 0.2) is 54.6 Å². The number of nitrogens with one attached hydrogen (secondary N) is 1. The van der Waals surface area contributed by atoms with Crippen molar-refractivity contribution in [3.8, 4) is 0 Å². The van der Waals surface area contributed by atoms with Crippen LogP contribution in [0.25, 0.3) is 0 Å². The number of ether oxygens (including phenoxy) is 1. The summed E-state index contributed by atoms with van der Waals surface area (Å²) in [7, 11) is 1.37. The Bertz CT molecular complexity index is 1270. The number of nitrogens with zero attached hydrogens (tertiary/aromatic N) is 1. The molecular weight excluding hydrogens is 492 g/mol. The second-order valence-corrected chi connectivity index (χ2v) is 11.1. The lowest BCUT2D eigenvalue weighted by atomic mass is 9.95. The highest BCUT2D eigenvalue weighted by Crippen LogP contribution is 2.40. The molecule has 186 valence electrons. The van der Waals surface area contributed by atoms with E-state index in [-0.39, 0.29) is 17.2 Å². The van der Waals surface area contributed by atoms with E-state index in [1.165, 1.54) is 24.0 Å². The van der Waals surface area contributed by atoms with Crippen LogP contribution in [-0.4, -0.2) is 42.1 Å². The van der Waals surface area contributed by atoms with Gasteiger partial charge >= 0.3 is 5.97 Å². The van der Waals surface area contributed by atoms with Crippen LogP contribution in [0.1, 0.15) is 60.5 Å². The Labute approximate surface area is 219 Å². The molecule has 0 bridgehead atoms. The molecule has 1 saturated heterocycles. The number of aryl methyl sites for hydroxylation is 1. The van der Waals surface area contributed by atoms with Gasteiger partial charge in [-0.1, -0.05) is 42.5 Å². The molecule has 2 aliphatic rings. The highest BCUT2D eigenvalue weighted by Gasteiger charge is 2.32. The fourth-order valence-electron chi connectivity index (χ4n) is 4.81. The Morgan fingerprint density at radius 2 is 1.81 bits per heavy atom. The molecule has 1 fully saturated rings. The van der Waals surface area contributed by atoms with Crippen molar-refractivity contribution in [1.82, 2.24) is 4.90 Å². The number of amides is 2. The molecular formula is C28H28N2O4S2. The predicted molar refractivity (Wildman–Crippen MR) is 144 cm³/mol. The van der Waals surface area contributed by atoms with Gasteiger partial charge in [0.2, 0.25) is 5.91 Å². The van der Waals surface area contributed by atoms with E-state index >= 15 is 0 Å². The number of esters is 1. The van der Waals surface area contributed by atoms with Crippen LogP contribution < -0.4 is 5.32 Å². The van der Waals surface area contributed by atoms with E-state index in [4.69, 9.17) is 4.74 Å². The summed E-state index contributed by atoms with van der Waals surface area (Å²) in [5.41, 5.74) is 4.22. The highest BCUT2D eigenvalue weighted by molar-refractivity contribution is 8.00. The lowest BCUT2D eigenvalue weighted by Crippen LogP contribution is -2.30. The third-order valence-electron chi connectivity index (χ3n) is 6.70. The van der Waals surface area contributed by atoms with Crippen molar-refractivity contribution in [3.05, 3.63) is 87.3 Å². The van der Waals surface area contributed by atoms with Crippen LogP contribution in [0, 0.1) is 0 Å². The average molecular weight is 521 g/mol. The number of thiophene rings is 1. The van der Waals surface area contributed by atoms with Crippen molar-refractivity contribution in [2.75, 3.05) is 24.7 Å². The average Bonchev–Trinajstić information content (AvgIpc) is 3.47. The van der Waals surface area contributed by atoms with E-state index in [0.717, 1.165) is 48.1 Å². The molecule has 1 atom stereocenters. The Hall–Kier alpha value is -3.10. The van der Waals surface area contributed by atoms with E-state index in [0.29, 0.717) is 28.4 Å². The summed E-state index contributed by atoms with van der Waals surface area (Å²) in [4.78, 5) is 41.2. The summed E-state index contributed by atoms with van der Waals surface area (Å²) in [5, 5.41) is 3.45. The molecule has 1 aromatic heterocycles. The van der Waals surface area contributed by atoms with Crippen LogP contribution in [-0.2, 0) is 28.8 Å².